The van der Waals surface area contributed by atoms with E-state index >= 15 is 0 Å². The molecule has 0 aliphatic heterocycles. The molecule has 2 N–H and O–H groups in total. The van der Waals surface area contributed by atoms with E-state index in [0.29, 0.717) is 17.7 Å². The quantitative estimate of drug-likeness (QED) is 0.447. The Kier molecular flexibility index (Phi) is 5.71. The van der Waals surface area contributed by atoms with E-state index in [4.69, 9.17) is 4.74 Å². The third-order valence-electron chi connectivity index (χ3n) is 4.97. The molecule has 0 unspecified atom stereocenters. The molecule has 0 bridgehead atoms. The van der Waals surface area contributed by atoms with E-state index in [1.807, 2.05) is 23.6 Å². The number of hydrogen-bond acceptors (Lipinski definition) is 5. The second-order valence-corrected chi connectivity index (χ2v) is 8.22. The molecule has 2 aromatic carbocycles. The molecule has 4 aromatic rings. The molecule has 0 amide bonds. The van der Waals surface area contributed by atoms with Gasteiger partial charge in [-0.2, -0.15) is 0 Å². The van der Waals surface area contributed by atoms with E-state index in [2.05, 4.69) is 14.7 Å². The van der Waals surface area contributed by atoms with Crippen molar-refractivity contribution in [2.75, 3.05) is 18.1 Å². The summed E-state index contributed by atoms with van der Waals surface area (Å²) in [5.41, 5.74) is 4.23. The van der Waals surface area contributed by atoms with Crippen LogP contribution in [-0.2, 0) is 17.9 Å². The molecule has 1 atom stereocenters. The highest BCUT2D eigenvalue weighted by Crippen LogP contribution is 2.32. The number of nitrogens with zero attached hydrogens (tertiary/aromatic N) is 2. The molecule has 2 heterocycles. The molecule has 0 saturated carbocycles. The van der Waals surface area contributed by atoms with Gasteiger partial charge in [0.2, 0.25) is 0 Å². The SMILES string of the molecule is COc1cc(-c2cc(N[S@+](C)[O-])c3nc(C)n(Cc4ccc(F)cc4)c3c2)c[nH]c1=O. The first-order chi connectivity index (χ1) is 14.9. The van der Waals surface area contributed by atoms with Gasteiger partial charge >= 0.3 is 0 Å². The van der Waals surface area contributed by atoms with Crippen LogP contribution >= 0.6 is 0 Å². The fourth-order valence-electron chi connectivity index (χ4n) is 3.49. The van der Waals surface area contributed by atoms with Crippen LogP contribution in [0.2, 0.25) is 0 Å². The molecule has 0 radical (unpaired) electrons. The number of hydrogen-bond donors (Lipinski definition) is 2. The summed E-state index contributed by atoms with van der Waals surface area (Å²) in [6.45, 7) is 2.38. The zero-order valence-electron chi connectivity index (χ0n) is 17.2. The molecular formula is C22H21FN4O3S. The van der Waals surface area contributed by atoms with Gasteiger partial charge in [0, 0.05) is 18.3 Å². The number of imidazole rings is 1. The Hall–Kier alpha value is -3.30. The largest absolute Gasteiger partial charge is 0.593 e. The monoisotopic (exact) mass is 440 g/mol. The molecule has 0 saturated heterocycles. The molecule has 31 heavy (non-hydrogen) atoms. The lowest BCUT2D eigenvalue weighted by atomic mass is 10.1. The van der Waals surface area contributed by atoms with Gasteiger partial charge < -0.3 is 18.8 Å². The average Bonchev–Trinajstić information content (AvgIpc) is 3.05. The summed E-state index contributed by atoms with van der Waals surface area (Å²) in [5, 5.41) is 0. The third-order valence-corrected chi connectivity index (χ3v) is 5.48. The zero-order valence-corrected chi connectivity index (χ0v) is 18.0. The summed E-state index contributed by atoms with van der Waals surface area (Å²) < 4.78 is 35.4. The van der Waals surface area contributed by atoms with E-state index < -0.39 is 11.4 Å². The van der Waals surface area contributed by atoms with E-state index in [-0.39, 0.29) is 17.1 Å². The van der Waals surface area contributed by atoms with Crippen molar-refractivity contribution in [3.05, 3.63) is 76.2 Å². The normalized spacial score (nSPS) is 12.2. The van der Waals surface area contributed by atoms with Crippen LogP contribution in [0.4, 0.5) is 10.1 Å². The van der Waals surface area contributed by atoms with Crippen molar-refractivity contribution >= 4 is 28.1 Å². The number of benzene rings is 2. The third kappa shape index (κ3) is 4.28. The highest BCUT2D eigenvalue weighted by Gasteiger charge is 2.17. The molecule has 0 fully saturated rings. The lowest BCUT2D eigenvalue weighted by molar-refractivity contribution is 0.408. The van der Waals surface area contributed by atoms with Gasteiger partial charge in [-0.15, -0.1) is 0 Å². The van der Waals surface area contributed by atoms with Crippen LogP contribution in [-0.4, -0.2) is 32.5 Å². The summed E-state index contributed by atoms with van der Waals surface area (Å²) in [6, 6.07) is 11.8. The van der Waals surface area contributed by atoms with Gasteiger partial charge in [0.1, 0.15) is 29.1 Å². The lowest BCUT2D eigenvalue weighted by Gasteiger charge is -2.12. The number of aromatic nitrogens is 3. The molecule has 7 nitrogen and oxygen atoms in total. The Morgan fingerprint density at radius 1 is 1.23 bits per heavy atom. The number of ether oxygens (including phenoxy) is 1. The van der Waals surface area contributed by atoms with Crippen LogP contribution in [0.3, 0.4) is 0 Å². The van der Waals surface area contributed by atoms with Crippen molar-refractivity contribution in [2.24, 2.45) is 0 Å². The Morgan fingerprint density at radius 3 is 2.65 bits per heavy atom. The maximum atomic E-state index is 13.3. The van der Waals surface area contributed by atoms with Gasteiger partial charge in [-0.1, -0.05) is 12.1 Å². The predicted molar refractivity (Wildman–Crippen MR) is 120 cm³/mol. The van der Waals surface area contributed by atoms with Crippen molar-refractivity contribution in [1.82, 2.24) is 14.5 Å². The Labute approximate surface area is 181 Å². The van der Waals surface area contributed by atoms with Crippen LogP contribution in [0.1, 0.15) is 11.4 Å². The van der Waals surface area contributed by atoms with Gasteiger partial charge in [-0.3, -0.25) is 4.79 Å². The number of aryl methyl sites for hydroxylation is 1. The fraction of sp³-hybridized carbons (Fsp3) is 0.182. The predicted octanol–water partition coefficient (Wildman–Crippen LogP) is 3.60. The molecule has 160 valence electrons. The van der Waals surface area contributed by atoms with E-state index in [1.165, 1.54) is 19.2 Å². The smallest absolute Gasteiger partial charge is 0.290 e. The molecule has 9 heteroatoms. The van der Waals surface area contributed by atoms with Crippen LogP contribution in [0.25, 0.3) is 22.2 Å². The van der Waals surface area contributed by atoms with Crippen LogP contribution in [0.5, 0.6) is 5.75 Å². The molecule has 2 aromatic heterocycles. The summed E-state index contributed by atoms with van der Waals surface area (Å²) in [4.78, 5) is 19.2. The van der Waals surface area contributed by atoms with Gasteiger partial charge in [0.25, 0.3) is 5.56 Å². The Morgan fingerprint density at radius 2 is 1.97 bits per heavy atom. The summed E-state index contributed by atoms with van der Waals surface area (Å²) >= 11 is -1.31. The van der Waals surface area contributed by atoms with Gasteiger partial charge in [-0.25, -0.2) is 14.1 Å². The summed E-state index contributed by atoms with van der Waals surface area (Å²) in [7, 11) is 1.44. The fourth-order valence-corrected chi connectivity index (χ4v) is 3.96. The second kappa shape index (κ2) is 8.44. The molecule has 0 aliphatic rings. The topological polar surface area (TPSA) is 95.0 Å². The first kappa shape index (κ1) is 21.0. The van der Waals surface area contributed by atoms with E-state index in [1.54, 1.807) is 30.7 Å². The highest BCUT2D eigenvalue weighted by molar-refractivity contribution is 7.92. The van der Waals surface area contributed by atoms with Crippen molar-refractivity contribution in [3.63, 3.8) is 0 Å². The maximum Gasteiger partial charge on any atom is 0.290 e. The summed E-state index contributed by atoms with van der Waals surface area (Å²) in [6.07, 6.45) is 3.15. The standard InChI is InChI=1S/C22H21FN4O3S/c1-13-25-21-18(26-31(3)29)8-15(16-10-20(30-2)22(28)24-11-16)9-19(21)27(13)12-14-4-6-17(23)7-5-14/h4-11,26H,12H2,1-3H3,(H,24,28)/t31-/m0/s1. The van der Waals surface area contributed by atoms with Crippen LogP contribution in [0, 0.1) is 12.7 Å². The minimum absolute atomic E-state index is 0.196. The van der Waals surface area contributed by atoms with Gasteiger partial charge in [-0.05, 0) is 48.4 Å². The molecule has 0 aliphatic carbocycles. The number of aromatic amines is 1. The number of H-pyrrole nitrogens is 1. The minimum atomic E-state index is -1.31. The highest BCUT2D eigenvalue weighted by atomic mass is 32.2. The number of rotatable bonds is 6. The molecular weight excluding hydrogens is 419 g/mol. The average molecular weight is 441 g/mol. The number of nitrogens with one attached hydrogen (secondary N) is 2. The van der Waals surface area contributed by atoms with Gasteiger partial charge in [0.15, 0.2) is 5.75 Å². The minimum Gasteiger partial charge on any atom is -0.593 e. The van der Waals surface area contributed by atoms with Crippen LogP contribution in [0.15, 0.2) is 53.5 Å². The lowest BCUT2D eigenvalue weighted by Crippen LogP contribution is -2.10. The number of anilines is 1. The van der Waals surface area contributed by atoms with E-state index in [0.717, 1.165) is 28.0 Å². The molecule has 4 rings (SSSR count). The number of fused-ring (bicyclic) bond motifs is 1. The number of pyridine rings is 1. The number of halogens is 1. The van der Waals surface area contributed by atoms with Crippen molar-refractivity contribution < 1.29 is 13.7 Å². The summed E-state index contributed by atoms with van der Waals surface area (Å²) in [5.74, 6) is 0.671. The molecule has 0 spiro atoms. The first-order valence-electron chi connectivity index (χ1n) is 9.48. The Bertz CT molecular complexity index is 1300. The van der Waals surface area contributed by atoms with Crippen molar-refractivity contribution in [2.45, 2.75) is 13.5 Å². The van der Waals surface area contributed by atoms with Crippen molar-refractivity contribution in [3.8, 4) is 16.9 Å². The van der Waals surface area contributed by atoms with Crippen LogP contribution < -0.4 is 15.0 Å². The van der Waals surface area contributed by atoms with E-state index in [9.17, 15) is 13.7 Å². The van der Waals surface area contributed by atoms with Crippen molar-refractivity contribution in [1.29, 1.82) is 0 Å². The zero-order chi connectivity index (χ0) is 22.1. The van der Waals surface area contributed by atoms with Gasteiger partial charge in [0.05, 0.1) is 24.0 Å². The first-order valence-corrected chi connectivity index (χ1v) is 11.0. The second-order valence-electron chi connectivity index (χ2n) is 7.11. The Balaban J connectivity index is 1.89. The number of methoxy groups -OCH3 is 1. The maximum absolute atomic E-state index is 13.3.